The minimum atomic E-state index is 0.0632. The van der Waals surface area contributed by atoms with Gasteiger partial charge in [0, 0.05) is 10.6 Å². The number of rotatable bonds is 0. The van der Waals surface area contributed by atoms with Crippen LogP contribution in [0.3, 0.4) is 0 Å². The van der Waals surface area contributed by atoms with Gasteiger partial charge in [-0.2, -0.15) is 0 Å². The summed E-state index contributed by atoms with van der Waals surface area (Å²) in [4.78, 5) is 0. The average Bonchev–Trinajstić information content (AvgIpc) is 2.29. The molecule has 1 aliphatic heterocycles. The molecule has 12 heavy (non-hydrogen) atoms. The van der Waals surface area contributed by atoms with Gasteiger partial charge in [0.25, 0.3) is 0 Å². The molecule has 0 unspecified atom stereocenters. The normalized spacial score (nSPS) is 18.4. The third kappa shape index (κ3) is 1.04. The summed E-state index contributed by atoms with van der Waals surface area (Å²) >= 11 is 6.07. The number of hydrogen-bond donors (Lipinski definition) is 0. The number of benzene rings is 1. The first-order chi connectivity index (χ1) is 5.61. The van der Waals surface area contributed by atoms with E-state index < -0.39 is 0 Å². The van der Waals surface area contributed by atoms with Gasteiger partial charge in [-0.05, 0) is 17.3 Å². The summed E-state index contributed by atoms with van der Waals surface area (Å²) in [6.07, 6.45) is 0. The van der Waals surface area contributed by atoms with Crippen LogP contribution in [0.15, 0.2) is 18.2 Å². The van der Waals surface area contributed by atoms with Gasteiger partial charge < -0.3 is 4.74 Å². The molecule has 1 heterocycles. The summed E-state index contributed by atoms with van der Waals surface area (Å²) in [7, 11) is 4.29. The Bertz CT molecular complexity index is 325. The van der Waals surface area contributed by atoms with Crippen LogP contribution in [-0.2, 0) is 5.21 Å². The monoisotopic (exact) mass is 178 g/mol. The van der Waals surface area contributed by atoms with Crippen LogP contribution in [0.25, 0.3) is 0 Å². The fourth-order valence-corrected chi connectivity index (χ4v) is 2.03. The van der Waals surface area contributed by atoms with E-state index in [1.807, 2.05) is 18.2 Å². The maximum atomic E-state index is 6.07. The Balaban J connectivity index is 2.64. The second kappa shape index (κ2) is 2.46. The smallest absolute Gasteiger partial charge is 0.123 e. The molecule has 0 radical (unpaired) electrons. The molecule has 0 atom stereocenters. The van der Waals surface area contributed by atoms with Gasteiger partial charge in [0.1, 0.15) is 21.4 Å². The summed E-state index contributed by atoms with van der Waals surface area (Å²) in [5.74, 6) is 0.938. The van der Waals surface area contributed by atoms with Crippen molar-refractivity contribution in [3.05, 3.63) is 28.8 Å². The zero-order chi connectivity index (χ0) is 8.77. The largest absolute Gasteiger partial charge is 0.494 e. The van der Waals surface area contributed by atoms with Crippen LogP contribution in [0.4, 0.5) is 0 Å². The van der Waals surface area contributed by atoms with E-state index in [2.05, 4.69) is 15.7 Å². The Labute approximate surface area is 78.9 Å². The van der Waals surface area contributed by atoms with Crippen molar-refractivity contribution in [2.45, 2.75) is 5.21 Å². The Hall–Kier alpha value is -0.560. The molecule has 1 aliphatic rings. The lowest BCUT2D eigenvalue weighted by Gasteiger charge is -2.15. The van der Waals surface area contributed by atoms with Gasteiger partial charge in [0.2, 0.25) is 0 Å². The highest BCUT2D eigenvalue weighted by atomic mass is 35.5. The molecule has 0 spiro atoms. The molecule has 0 fully saturated rings. The molecule has 0 saturated carbocycles. The minimum absolute atomic E-state index is 0.0632. The lowest BCUT2D eigenvalue weighted by molar-refractivity contribution is 0.343. The highest BCUT2D eigenvalue weighted by Gasteiger charge is 2.33. The Morgan fingerprint density at radius 2 is 2.17 bits per heavy atom. The summed E-state index contributed by atoms with van der Waals surface area (Å²) in [5.41, 5.74) is 1.15. The molecule has 1 nitrogen and oxygen atoms in total. The van der Waals surface area contributed by atoms with Crippen molar-refractivity contribution in [2.75, 3.05) is 6.61 Å². The maximum Gasteiger partial charge on any atom is 0.123 e. The maximum absolute atomic E-state index is 6.07. The van der Waals surface area contributed by atoms with E-state index in [-0.39, 0.29) is 5.21 Å². The molecular formula is C8H9B2ClO. The van der Waals surface area contributed by atoms with Crippen molar-refractivity contribution in [1.82, 2.24) is 0 Å². The Kier molecular flexibility index (Phi) is 1.65. The summed E-state index contributed by atoms with van der Waals surface area (Å²) in [6.45, 7) is 0.728. The van der Waals surface area contributed by atoms with E-state index in [4.69, 9.17) is 16.3 Å². The molecule has 0 aliphatic carbocycles. The second-order valence-corrected chi connectivity index (χ2v) is 4.19. The van der Waals surface area contributed by atoms with Gasteiger partial charge in [-0.3, -0.25) is 0 Å². The van der Waals surface area contributed by atoms with Crippen LogP contribution >= 0.6 is 11.6 Å². The highest BCUT2D eigenvalue weighted by molar-refractivity contribution is 6.43. The van der Waals surface area contributed by atoms with Gasteiger partial charge in [0.05, 0.1) is 6.61 Å². The predicted octanol–water partition coefficient (Wildman–Crippen LogP) is 0.151. The third-order valence-corrected chi connectivity index (χ3v) is 2.56. The SMILES string of the molecule is BC1(B)COc2cccc(Cl)c21. The summed E-state index contributed by atoms with van der Waals surface area (Å²) < 4.78 is 5.51. The summed E-state index contributed by atoms with van der Waals surface area (Å²) in [5, 5.41) is 0.878. The number of hydrogen-bond acceptors (Lipinski definition) is 1. The molecule has 1 aromatic carbocycles. The van der Waals surface area contributed by atoms with Gasteiger partial charge in [-0.15, -0.1) is 0 Å². The van der Waals surface area contributed by atoms with Crippen LogP contribution in [0.1, 0.15) is 5.56 Å². The zero-order valence-corrected chi connectivity index (χ0v) is 7.98. The molecule has 0 aromatic heterocycles. The fraction of sp³-hybridized carbons (Fsp3) is 0.250. The minimum Gasteiger partial charge on any atom is -0.494 e. The van der Waals surface area contributed by atoms with E-state index in [0.717, 1.165) is 22.9 Å². The van der Waals surface area contributed by atoms with E-state index in [9.17, 15) is 0 Å². The van der Waals surface area contributed by atoms with Crippen LogP contribution in [0.2, 0.25) is 5.02 Å². The summed E-state index contributed by atoms with van der Waals surface area (Å²) in [6, 6.07) is 5.80. The van der Waals surface area contributed by atoms with Crippen LogP contribution in [-0.4, -0.2) is 22.3 Å². The van der Waals surface area contributed by atoms with Crippen LogP contribution in [0, 0.1) is 0 Å². The molecule has 1 aromatic rings. The van der Waals surface area contributed by atoms with E-state index in [0.29, 0.717) is 0 Å². The number of halogens is 1. The van der Waals surface area contributed by atoms with Crippen LogP contribution < -0.4 is 4.74 Å². The zero-order valence-electron chi connectivity index (χ0n) is 7.23. The molecule has 0 amide bonds. The Morgan fingerprint density at radius 1 is 1.42 bits per heavy atom. The molecule has 0 N–H and O–H groups in total. The first-order valence-electron chi connectivity index (χ1n) is 4.03. The van der Waals surface area contributed by atoms with Gasteiger partial charge >= 0.3 is 0 Å². The molecule has 60 valence electrons. The molecule has 4 heteroatoms. The van der Waals surface area contributed by atoms with Gasteiger partial charge in [0.15, 0.2) is 0 Å². The van der Waals surface area contributed by atoms with Crippen molar-refractivity contribution in [3.63, 3.8) is 0 Å². The average molecular weight is 178 g/mol. The highest BCUT2D eigenvalue weighted by Crippen LogP contribution is 2.39. The van der Waals surface area contributed by atoms with Crippen LogP contribution in [0.5, 0.6) is 5.75 Å². The molecular weight excluding hydrogens is 169 g/mol. The predicted molar refractivity (Wildman–Crippen MR) is 55.7 cm³/mol. The first kappa shape index (κ1) is 8.06. The number of fused-ring (bicyclic) bond motifs is 1. The first-order valence-corrected chi connectivity index (χ1v) is 4.41. The fourth-order valence-electron chi connectivity index (χ4n) is 1.61. The van der Waals surface area contributed by atoms with Crippen molar-refractivity contribution >= 4 is 27.3 Å². The lowest BCUT2D eigenvalue weighted by atomic mass is 9.52. The second-order valence-electron chi connectivity index (χ2n) is 3.79. The lowest BCUT2D eigenvalue weighted by Crippen LogP contribution is -2.28. The third-order valence-electron chi connectivity index (χ3n) is 2.24. The van der Waals surface area contributed by atoms with Crippen molar-refractivity contribution in [2.24, 2.45) is 0 Å². The van der Waals surface area contributed by atoms with Gasteiger partial charge in [-0.1, -0.05) is 17.7 Å². The van der Waals surface area contributed by atoms with E-state index in [1.165, 1.54) is 0 Å². The van der Waals surface area contributed by atoms with Crippen molar-refractivity contribution < 1.29 is 4.74 Å². The topological polar surface area (TPSA) is 9.23 Å². The number of ether oxygens (including phenoxy) is 1. The quantitative estimate of drug-likeness (QED) is 0.514. The van der Waals surface area contributed by atoms with Crippen molar-refractivity contribution in [1.29, 1.82) is 0 Å². The standard InChI is InChI=1S/C8H9B2ClO/c9-8(10)4-12-6-3-1-2-5(11)7(6)8/h1-3H,4,9-10H2. The molecule has 0 bridgehead atoms. The molecule has 0 saturated heterocycles. The van der Waals surface area contributed by atoms with Crippen molar-refractivity contribution in [3.8, 4) is 5.75 Å². The van der Waals surface area contributed by atoms with E-state index in [1.54, 1.807) is 0 Å². The van der Waals surface area contributed by atoms with Gasteiger partial charge in [-0.25, -0.2) is 0 Å². The van der Waals surface area contributed by atoms with E-state index >= 15 is 0 Å². The Morgan fingerprint density at radius 3 is 2.83 bits per heavy atom. The molecule has 2 rings (SSSR count).